The fraction of sp³-hybridized carbons (Fsp3) is 0.757. The molecule has 0 saturated carbocycles. The third-order valence-corrected chi connectivity index (χ3v) is 14.2. The highest BCUT2D eigenvalue weighted by Crippen LogP contribution is 2.17. The summed E-state index contributed by atoms with van der Waals surface area (Å²) in [4.78, 5) is 38.1. The van der Waals surface area contributed by atoms with Gasteiger partial charge in [0, 0.05) is 12.8 Å². The number of hydrogen-bond donors (Lipinski definition) is 0. The number of carbonyl (C=O) groups excluding carboxylic acids is 3. The van der Waals surface area contributed by atoms with Crippen molar-refractivity contribution in [1.29, 1.82) is 0 Å². The van der Waals surface area contributed by atoms with Crippen molar-refractivity contribution in [2.24, 2.45) is 0 Å². The molecule has 0 N–H and O–H groups in total. The molecule has 0 fully saturated rings. The topological polar surface area (TPSA) is 78.9 Å². The zero-order valence-corrected chi connectivity index (χ0v) is 50.3. The highest BCUT2D eigenvalue weighted by atomic mass is 16.6. The van der Waals surface area contributed by atoms with Crippen molar-refractivity contribution < 1.29 is 28.6 Å². The first kappa shape index (κ1) is 72.6. The van der Waals surface area contributed by atoms with E-state index in [4.69, 9.17) is 14.2 Å². The Kier molecular flexibility index (Phi) is 61.2. The van der Waals surface area contributed by atoms with Gasteiger partial charge in [-0.15, -0.1) is 0 Å². The Labute approximate surface area is 471 Å². The number of allylic oxidation sites excluding steroid dienone is 13. The molecule has 0 aliphatic rings. The van der Waals surface area contributed by atoms with Crippen LogP contribution < -0.4 is 0 Å². The van der Waals surface area contributed by atoms with Gasteiger partial charge in [-0.1, -0.05) is 311 Å². The molecule has 1 atom stereocenters. The van der Waals surface area contributed by atoms with Crippen molar-refractivity contribution >= 4 is 17.9 Å². The van der Waals surface area contributed by atoms with Gasteiger partial charge < -0.3 is 14.2 Å². The Hall–Kier alpha value is -3.41. The average Bonchev–Trinajstić information content (AvgIpc) is 3.42. The first-order valence-electron chi connectivity index (χ1n) is 32.6. The van der Waals surface area contributed by atoms with Crippen molar-refractivity contribution in [3.63, 3.8) is 0 Å². The highest BCUT2D eigenvalue weighted by Gasteiger charge is 2.19. The number of esters is 3. The highest BCUT2D eigenvalue weighted by molar-refractivity contribution is 5.72. The van der Waals surface area contributed by atoms with Crippen LogP contribution in [0.1, 0.15) is 323 Å². The van der Waals surface area contributed by atoms with Crippen LogP contribution in [0.25, 0.3) is 0 Å². The minimum absolute atomic E-state index is 0.0995. The monoisotopic (exact) mass is 1060 g/mol. The van der Waals surface area contributed by atoms with Gasteiger partial charge >= 0.3 is 17.9 Å². The lowest BCUT2D eigenvalue weighted by atomic mass is 10.0. The normalized spacial score (nSPS) is 12.6. The lowest BCUT2D eigenvalue weighted by molar-refractivity contribution is -0.166. The third kappa shape index (κ3) is 61.4. The van der Waals surface area contributed by atoms with Crippen molar-refractivity contribution in [3.8, 4) is 0 Å². The van der Waals surface area contributed by atoms with Crippen LogP contribution in [0.5, 0.6) is 0 Å². The van der Waals surface area contributed by atoms with Gasteiger partial charge in [-0.25, -0.2) is 0 Å². The van der Waals surface area contributed by atoms with Crippen LogP contribution in [-0.4, -0.2) is 37.2 Å². The van der Waals surface area contributed by atoms with Crippen molar-refractivity contribution in [2.75, 3.05) is 13.2 Å². The summed E-state index contributed by atoms with van der Waals surface area (Å²) in [6.45, 7) is 6.46. The quantitative estimate of drug-likeness (QED) is 0.0261. The molecule has 438 valence electrons. The molecule has 76 heavy (non-hydrogen) atoms. The number of rotatable bonds is 59. The molecule has 0 radical (unpaired) electrons. The smallest absolute Gasteiger partial charge is 0.310 e. The van der Waals surface area contributed by atoms with Gasteiger partial charge in [0.05, 0.1) is 6.42 Å². The molecule has 0 heterocycles. The molecule has 0 aliphatic heterocycles. The fourth-order valence-corrected chi connectivity index (χ4v) is 9.32. The van der Waals surface area contributed by atoms with Crippen molar-refractivity contribution in [3.05, 3.63) is 85.1 Å². The molecule has 0 aliphatic carbocycles. The van der Waals surface area contributed by atoms with Gasteiger partial charge in [-0.3, -0.25) is 14.4 Å². The van der Waals surface area contributed by atoms with Crippen LogP contribution in [0.3, 0.4) is 0 Å². The van der Waals surface area contributed by atoms with Crippen molar-refractivity contribution in [1.82, 2.24) is 0 Å². The summed E-state index contributed by atoms with van der Waals surface area (Å²) in [6.07, 6.45) is 85.0. The molecular weight excluding hydrogens is 937 g/mol. The predicted octanol–water partition coefficient (Wildman–Crippen LogP) is 22.3. The van der Waals surface area contributed by atoms with Gasteiger partial charge in [-0.2, -0.15) is 0 Å². The van der Waals surface area contributed by atoms with E-state index in [9.17, 15) is 14.4 Å². The first-order valence-corrected chi connectivity index (χ1v) is 32.6. The molecule has 0 spiro atoms. The molecule has 1 unspecified atom stereocenters. The first-order chi connectivity index (χ1) is 37.5. The van der Waals surface area contributed by atoms with E-state index in [0.29, 0.717) is 12.8 Å². The van der Waals surface area contributed by atoms with Crippen molar-refractivity contribution in [2.45, 2.75) is 329 Å². The molecule has 0 saturated heterocycles. The Balaban J connectivity index is 4.19. The largest absolute Gasteiger partial charge is 0.462 e. The summed E-state index contributed by atoms with van der Waals surface area (Å²) in [5.41, 5.74) is 0. The van der Waals surface area contributed by atoms with E-state index in [-0.39, 0.29) is 31.6 Å². The van der Waals surface area contributed by atoms with E-state index in [1.807, 2.05) is 6.08 Å². The molecule has 6 heteroatoms. The molecule has 0 amide bonds. The second kappa shape index (κ2) is 64.1. The van der Waals surface area contributed by atoms with Crippen LogP contribution in [0.2, 0.25) is 0 Å². The molecule has 0 aromatic carbocycles. The van der Waals surface area contributed by atoms with E-state index in [1.54, 1.807) is 6.08 Å². The Morgan fingerprint density at radius 1 is 0.289 bits per heavy atom. The van der Waals surface area contributed by atoms with Crippen LogP contribution in [0.15, 0.2) is 85.1 Å². The minimum Gasteiger partial charge on any atom is -0.462 e. The maximum absolute atomic E-state index is 12.8. The SMILES string of the molecule is CC/C=C\C/C=C\C/C=C\C/C=C\C/C=C\CC(=O)OC(COC(=O)CCCCCCCCCCCCCC)COC(=O)CCCCCCCCCCCCCCCCCCCCC/C=C\C/C=C\CCCCCCC. The maximum Gasteiger partial charge on any atom is 0.310 e. The summed E-state index contributed by atoms with van der Waals surface area (Å²) < 4.78 is 16.8. The maximum atomic E-state index is 12.8. The zero-order chi connectivity index (χ0) is 55.0. The lowest BCUT2D eigenvalue weighted by Crippen LogP contribution is -2.30. The van der Waals surface area contributed by atoms with Crippen LogP contribution >= 0.6 is 0 Å². The molecule has 0 rings (SSSR count). The third-order valence-electron chi connectivity index (χ3n) is 14.2. The number of hydrogen-bond acceptors (Lipinski definition) is 6. The fourth-order valence-electron chi connectivity index (χ4n) is 9.32. The summed E-state index contributed by atoms with van der Waals surface area (Å²) in [5, 5.41) is 0. The standard InChI is InChI=1S/C70H122O6/c1-4-7-10-13-16-19-22-25-27-28-29-30-31-32-33-34-35-36-37-38-39-40-41-42-44-45-48-51-54-57-60-63-69(72)75-66-67(65-74-68(71)62-59-56-53-50-47-24-21-18-15-12-9-6-3)76-70(73)64-61-58-55-52-49-46-43-26-23-20-17-14-11-8-5-2/h8,11,17,20,22,25-26,28-29,43,49,52,58,61,67H,4-7,9-10,12-16,18-19,21,23-24,27,30-42,44-48,50-51,53-57,59-60,62-66H2,1-3H3/b11-8-,20-17-,25-22-,29-28-,43-26-,52-49-,61-58-. The summed E-state index contributed by atoms with van der Waals surface area (Å²) >= 11 is 0. The van der Waals surface area contributed by atoms with E-state index >= 15 is 0 Å². The van der Waals surface area contributed by atoms with E-state index in [0.717, 1.165) is 77.0 Å². The number of unbranched alkanes of at least 4 members (excludes halogenated alkanes) is 35. The Morgan fingerprint density at radius 2 is 0.553 bits per heavy atom. The van der Waals surface area contributed by atoms with Crippen LogP contribution in [0.4, 0.5) is 0 Å². The van der Waals surface area contributed by atoms with Gasteiger partial charge in [0.15, 0.2) is 6.10 Å². The number of ether oxygens (including phenoxy) is 3. The molecule has 0 aromatic heterocycles. The zero-order valence-electron chi connectivity index (χ0n) is 50.3. The van der Waals surface area contributed by atoms with E-state index < -0.39 is 12.1 Å². The van der Waals surface area contributed by atoms with Gasteiger partial charge in [0.1, 0.15) is 13.2 Å². The van der Waals surface area contributed by atoms with E-state index in [2.05, 4.69) is 93.7 Å². The molecule has 0 aromatic rings. The van der Waals surface area contributed by atoms with Gasteiger partial charge in [0.25, 0.3) is 0 Å². The predicted molar refractivity (Wildman–Crippen MR) is 330 cm³/mol. The molecule has 0 bridgehead atoms. The Morgan fingerprint density at radius 3 is 0.868 bits per heavy atom. The van der Waals surface area contributed by atoms with Gasteiger partial charge in [0.2, 0.25) is 0 Å². The minimum atomic E-state index is -0.828. The van der Waals surface area contributed by atoms with E-state index in [1.165, 1.54) is 205 Å². The summed E-state index contributed by atoms with van der Waals surface area (Å²) in [5.74, 6) is -1.03. The van der Waals surface area contributed by atoms with Crippen LogP contribution in [0, 0.1) is 0 Å². The molecule has 6 nitrogen and oxygen atoms in total. The summed E-state index contributed by atoms with van der Waals surface area (Å²) in [7, 11) is 0. The lowest BCUT2D eigenvalue weighted by Gasteiger charge is -2.18. The molecular formula is C70H122O6. The van der Waals surface area contributed by atoms with Crippen LogP contribution in [-0.2, 0) is 28.6 Å². The average molecular weight is 1060 g/mol. The second-order valence-corrected chi connectivity index (χ2v) is 21.7. The second-order valence-electron chi connectivity index (χ2n) is 21.7. The van der Waals surface area contributed by atoms with Gasteiger partial charge in [-0.05, 0) is 77.0 Å². The Bertz CT molecular complexity index is 1450. The summed E-state index contributed by atoms with van der Waals surface area (Å²) in [6, 6.07) is 0. The number of carbonyl (C=O) groups is 3.